The first-order valence-corrected chi connectivity index (χ1v) is 13.1. The Morgan fingerprint density at radius 1 is 1.07 bits per heavy atom. The molecule has 214 valence electrons. The van der Waals surface area contributed by atoms with Gasteiger partial charge in [0.05, 0.1) is 24.7 Å². The normalized spacial score (nSPS) is 37.3. The van der Waals surface area contributed by atoms with Crippen molar-refractivity contribution in [2.75, 3.05) is 7.11 Å². The highest BCUT2D eigenvalue weighted by molar-refractivity contribution is 6.33. The zero-order valence-electron chi connectivity index (χ0n) is 23.5. The number of Topliss-reactive ketones (excluding diaryl/α,β-unsaturated/α-hetero) is 5. The molecule has 0 saturated heterocycles. The minimum Gasteiger partial charge on any atom is -0.507 e. The van der Waals surface area contributed by atoms with Crippen molar-refractivity contribution in [1.29, 1.82) is 0 Å². The first kappa shape index (κ1) is 29.5. The number of methoxy groups -OCH3 is 1. The Morgan fingerprint density at radius 2 is 1.68 bits per heavy atom. The molecule has 10 heteroatoms. The van der Waals surface area contributed by atoms with Crippen LogP contribution in [0.4, 0.5) is 0 Å². The molecule has 40 heavy (non-hydrogen) atoms. The molecule has 0 radical (unpaired) electrons. The fourth-order valence-electron chi connectivity index (χ4n) is 7.73. The Hall–Kier alpha value is -3.50. The highest BCUT2D eigenvalue weighted by Gasteiger charge is 2.80. The van der Waals surface area contributed by atoms with Crippen molar-refractivity contribution in [2.45, 2.75) is 59.2 Å². The molecular weight excluding hydrogens is 520 g/mol. The fourth-order valence-corrected chi connectivity index (χ4v) is 7.73. The van der Waals surface area contributed by atoms with Gasteiger partial charge in [0.2, 0.25) is 0 Å². The van der Waals surface area contributed by atoms with Crippen molar-refractivity contribution in [3.63, 3.8) is 0 Å². The number of benzene rings is 1. The van der Waals surface area contributed by atoms with Gasteiger partial charge in [0.1, 0.15) is 17.5 Å². The van der Waals surface area contributed by atoms with Gasteiger partial charge in [0.15, 0.2) is 28.7 Å². The van der Waals surface area contributed by atoms with Gasteiger partial charge in [-0.25, -0.2) is 4.79 Å². The van der Waals surface area contributed by atoms with E-state index in [1.165, 1.54) is 33.1 Å². The first-order chi connectivity index (χ1) is 18.4. The molecule has 0 amide bonds. The van der Waals surface area contributed by atoms with Crippen molar-refractivity contribution in [1.82, 2.24) is 0 Å². The number of fused-ring (bicyclic) bond motifs is 3. The number of esters is 1. The van der Waals surface area contributed by atoms with Crippen LogP contribution in [0.25, 0.3) is 6.08 Å². The molecule has 0 heterocycles. The van der Waals surface area contributed by atoms with Gasteiger partial charge in [0, 0.05) is 28.4 Å². The molecule has 2 saturated carbocycles. The van der Waals surface area contributed by atoms with E-state index in [1.54, 1.807) is 26.8 Å². The summed E-state index contributed by atoms with van der Waals surface area (Å²) < 4.78 is 4.56. The average Bonchev–Trinajstić information content (AvgIpc) is 2.87. The third kappa shape index (κ3) is 3.35. The Morgan fingerprint density at radius 3 is 2.20 bits per heavy atom. The molecule has 2 fully saturated rings. The number of ketones is 5. The predicted molar refractivity (Wildman–Crippen MR) is 140 cm³/mol. The lowest BCUT2D eigenvalue weighted by Gasteiger charge is -2.65. The molecule has 3 unspecified atom stereocenters. The summed E-state index contributed by atoms with van der Waals surface area (Å²) in [5.41, 5.74) is -6.53. The lowest BCUT2D eigenvalue weighted by atomic mass is 9.37. The number of carbonyl (C=O) groups excluding carboxylic acids is 6. The number of aromatic hydroxyl groups is 1. The summed E-state index contributed by atoms with van der Waals surface area (Å²) in [4.78, 5) is 79.8. The molecule has 0 aliphatic heterocycles. The van der Waals surface area contributed by atoms with Gasteiger partial charge in [0.25, 0.3) is 0 Å². The number of hydrogen-bond donors (Lipinski definition) is 3. The topological polar surface area (TPSA) is 172 Å². The van der Waals surface area contributed by atoms with Crippen molar-refractivity contribution >= 4 is 41.0 Å². The molecule has 3 aliphatic carbocycles. The van der Waals surface area contributed by atoms with Crippen LogP contribution in [0.1, 0.15) is 68.9 Å². The summed E-state index contributed by atoms with van der Waals surface area (Å²) in [7, 11) is 1.17. The van der Waals surface area contributed by atoms with Crippen LogP contribution in [0.15, 0.2) is 18.2 Å². The lowest BCUT2D eigenvalue weighted by Crippen LogP contribution is -2.81. The molecule has 4 rings (SSSR count). The van der Waals surface area contributed by atoms with Crippen LogP contribution in [0.5, 0.6) is 5.75 Å². The van der Waals surface area contributed by atoms with Gasteiger partial charge in [-0.2, -0.15) is 0 Å². The lowest BCUT2D eigenvalue weighted by molar-refractivity contribution is -0.240. The van der Waals surface area contributed by atoms with Crippen molar-refractivity contribution in [3.8, 4) is 5.75 Å². The number of phenols is 1. The highest BCUT2D eigenvalue weighted by atomic mass is 16.5. The van der Waals surface area contributed by atoms with E-state index >= 15 is 0 Å². The maximum absolute atomic E-state index is 14.4. The standard InChI is InChI=1S/C30H34O10/c1-12(2)20-23(34)18(14(4)31)25(36)30(39)26(37)21-24(35)19-16(13(3)28(21,5)27(38)29(20,30)6)10-8-15(22(19)33)9-11-17(32)40-7/h8-13,18,20-21,27,33,38-39H,1-7H3/b11-9+/t13-,18?,20?,21?,27-,28+,29+,30+/m1/s1. The molecule has 1 aromatic rings. The van der Waals surface area contributed by atoms with Crippen molar-refractivity contribution < 1.29 is 48.8 Å². The zero-order chi connectivity index (χ0) is 30.3. The molecule has 0 aromatic heterocycles. The van der Waals surface area contributed by atoms with Crippen LogP contribution < -0.4 is 0 Å². The summed E-state index contributed by atoms with van der Waals surface area (Å²) in [6, 6.07) is 3.01. The number of phenolic OH excluding ortho intramolecular Hbond substituents is 1. The molecule has 8 atom stereocenters. The van der Waals surface area contributed by atoms with Crippen LogP contribution >= 0.6 is 0 Å². The van der Waals surface area contributed by atoms with Crippen LogP contribution in [0.2, 0.25) is 0 Å². The minimum atomic E-state index is -3.03. The minimum absolute atomic E-state index is 0.0801. The second kappa shape index (κ2) is 9.27. The number of carbonyl (C=O) groups is 6. The summed E-state index contributed by atoms with van der Waals surface area (Å²) in [6.07, 6.45) is 0.544. The number of aliphatic hydroxyl groups is 2. The number of ether oxygens (including phenoxy) is 1. The Bertz CT molecular complexity index is 1410. The Balaban J connectivity index is 2.01. The van der Waals surface area contributed by atoms with Gasteiger partial charge in [-0.05, 0) is 30.4 Å². The van der Waals surface area contributed by atoms with E-state index in [0.717, 1.165) is 13.0 Å². The Kier molecular flexibility index (Phi) is 6.84. The van der Waals surface area contributed by atoms with E-state index < -0.39 is 92.8 Å². The van der Waals surface area contributed by atoms with Crippen LogP contribution in [0, 0.1) is 34.5 Å². The second-order valence-electron chi connectivity index (χ2n) is 12.0. The first-order valence-electron chi connectivity index (χ1n) is 13.1. The van der Waals surface area contributed by atoms with Gasteiger partial charge in [-0.15, -0.1) is 0 Å². The van der Waals surface area contributed by atoms with E-state index in [2.05, 4.69) is 4.74 Å². The SMILES string of the molecule is COC(=O)/C=C/c1ccc2c(c1O)C(=O)C1C(=O)[C@@]3(O)C(=O)C(C(C)=O)C(=O)C(C(C)C)[C@@]3(C)[C@H](O)[C@@]1(C)[C@@H]2C. The molecule has 1 aromatic carbocycles. The zero-order valence-corrected chi connectivity index (χ0v) is 23.5. The summed E-state index contributed by atoms with van der Waals surface area (Å²) >= 11 is 0. The maximum atomic E-state index is 14.4. The maximum Gasteiger partial charge on any atom is 0.330 e. The number of rotatable bonds is 4. The van der Waals surface area contributed by atoms with Crippen LogP contribution in [-0.4, -0.2) is 69.0 Å². The summed E-state index contributed by atoms with van der Waals surface area (Å²) in [5.74, 6) is -12.7. The quantitative estimate of drug-likeness (QED) is 0.283. The van der Waals surface area contributed by atoms with E-state index in [4.69, 9.17) is 0 Å². The fraction of sp³-hybridized carbons (Fsp3) is 0.533. The predicted octanol–water partition coefficient (Wildman–Crippen LogP) is 1.81. The van der Waals surface area contributed by atoms with Gasteiger partial charge in [-0.3, -0.25) is 24.0 Å². The number of aliphatic hydroxyl groups excluding tert-OH is 1. The number of hydrogen-bond acceptors (Lipinski definition) is 10. The van der Waals surface area contributed by atoms with Crippen LogP contribution in [-0.2, 0) is 28.7 Å². The smallest absolute Gasteiger partial charge is 0.330 e. The molecule has 3 N–H and O–H groups in total. The summed E-state index contributed by atoms with van der Waals surface area (Å²) in [5, 5.41) is 35.3. The van der Waals surface area contributed by atoms with Gasteiger partial charge in [-0.1, -0.05) is 46.8 Å². The monoisotopic (exact) mass is 554 g/mol. The molecule has 10 nitrogen and oxygen atoms in total. The van der Waals surface area contributed by atoms with E-state index in [-0.39, 0.29) is 11.1 Å². The van der Waals surface area contributed by atoms with Gasteiger partial charge >= 0.3 is 5.97 Å². The third-order valence-electron chi connectivity index (χ3n) is 9.86. The molecule has 0 spiro atoms. The highest BCUT2D eigenvalue weighted by Crippen LogP contribution is 2.66. The summed E-state index contributed by atoms with van der Waals surface area (Å²) in [6.45, 7) is 8.75. The Labute approximate surface area is 231 Å². The molecular formula is C30H34O10. The van der Waals surface area contributed by atoms with Crippen molar-refractivity contribution in [2.24, 2.45) is 34.5 Å². The second-order valence-corrected chi connectivity index (χ2v) is 12.0. The van der Waals surface area contributed by atoms with Crippen molar-refractivity contribution in [3.05, 3.63) is 34.9 Å². The van der Waals surface area contributed by atoms with E-state index in [1.807, 2.05) is 0 Å². The van der Waals surface area contributed by atoms with E-state index in [0.29, 0.717) is 5.56 Å². The largest absolute Gasteiger partial charge is 0.507 e. The van der Waals surface area contributed by atoms with Gasteiger partial charge < -0.3 is 20.1 Å². The van der Waals surface area contributed by atoms with Crippen LogP contribution in [0.3, 0.4) is 0 Å². The molecule has 3 aliphatic rings. The van der Waals surface area contributed by atoms with E-state index in [9.17, 15) is 44.1 Å². The average molecular weight is 555 g/mol. The molecule has 0 bridgehead atoms. The third-order valence-corrected chi connectivity index (χ3v) is 9.86.